The smallest absolute Gasteiger partial charge is 0.152 e. The molecule has 1 aromatic heterocycles. The zero-order valence-corrected chi connectivity index (χ0v) is 9.50. The number of hydrogen-bond donors (Lipinski definition) is 0. The minimum Gasteiger partial charge on any atom is -0.298 e. The molecule has 0 radical (unpaired) electrons. The molecule has 0 fully saturated rings. The molecule has 0 saturated heterocycles. The number of aryl methyl sites for hydroxylation is 2. The van der Waals surface area contributed by atoms with Gasteiger partial charge in [-0.3, -0.25) is 9.48 Å². The van der Waals surface area contributed by atoms with Gasteiger partial charge in [0.15, 0.2) is 6.29 Å². The Morgan fingerprint density at radius 3 is 2.86 bits per heavy atom. The van der Waals surface area contributed by atoms with E-state index in [0.29, 0.717) is 5.56 Å². The summed E-state index contributed by atoms with van der Waals surface area (Å²) in [6, 6.07) is 3.76. The van der Waals surface area contributed by atoms with Crippen LogP contribution in [0.25, 0.3) is 10.9 Å². The van der Waals surface area contributed by atoms with E-state index >= 15 is 0 Å². The van der Waals surface area contributed by atoms with E-state index < -0.39 is 0 Å². The maximum atomic E-state index is 10.8. The third-order valence-electron chi connectivity index (χ3n) is 2.36. The SMILES string of the molecule is Cc1c2cc(Br)cc(C=O)c2nn1C. The zero-order valence-electron chi connectivity index (χ0n) is 7.91. The van der Waals surface area contributed by atoms with Crippen LogP contribution in [0.1, 0.15) is 16.1 Å². The van der Waals surface area contributed by atoms with Crippen LogP contribution in [-0.4, -0.2) is 16.1 Å². The molecule has 0 aliphatic rings. The first-order valence-electron chi connectivity index (χ1n) is 4.21. The van der Waals surface area contributed by atoms with Crippen molar-refractivity contribution in [2.45, 2.75) is 6.92 Å². The monoisotopic (exact) mass is 252 g/mol. The fraction of sp³-hybridized carbons (Fsp3) is 0.200. The molecule has 3 nitrogen and oxygen atoms in total. The highest BCUT2D eigenvalue weighted by Gasteiger charge is 2.09. The number of carbonyl (C=O) groups excluding carboxylic acids is 1. The molecule has 0 unspecified atom stereocenters. The molecule has 0 atom stereocenters. The van der Waals surface area contributed by atoms with Crippen molar-refractivity contribution in [3.63, 3.8) is 0 Å². The van der Waals surface area contributed by atoms with Gasteiger partial charge in [0.1, 0.15) is 5.52 Å². The number of rotatable bonds is 1. The van der Waals surface area contributed by atoms with E-state index in [1.165, 1.54) is 0 Å². The number of halogens is 1. The van der Waals surface area contributed by atoms with Crippen LogP contribution >= 0.6 is 15.9 Å². The van der Waals surface area contributed by atoms with E-state index in [4.69, 9.17) is 0 Å². The van der Waals surface area contributed by atoms with E-state index in [2.05, 4.69) is 21.0 Å². The van der Waals surface area contributed by atoms with Crippen molar-refractivity contribution in [2.24, 2.45) is 7.05 Å². The van der Waals surface area contributed by atoms with Crippen LogP contribution in [0.15, 0.2) is 16.6 Å². The second kappa shape index (κ2) is 3.20. The van der Waals surface area contributed by atoms with Crippen molar-refractivity contribution in [3.05, 3.63) is 27.9 Å². The summed E-state index contributed by atoms with van der Waals surface area (Å²) in [7, 11) is 1.87. The molecule has 0 amide bonds. The number of aromatic nitrogens is 2. The number of aldehydes is 1. The molecule has 0 bridgehead atoms. The summed E-state index contributed by atoms with van der Waals surface area (Å²) < 4.78 is 2.69. The van der Waals surface area contributed by atoms with Gasteiger partial charge in [-0.25, -0.2) is 0 Å². The van der Waals surface area contributed by atoms with Crippen molar-refractivity contribution >= 4 is 33.1 Å². The van der Waals surface area contributed by atoms with Crippen LogP contribution in [0.4, 0.5) is 0 Å². The minimum absolute atomic E-state index is 0.623. The molecule has 2 aromatic rings. The molecule has 0 aliphatic carbocycles. The Kier molecular flexibility index (Phi) is 2.15. The third-order valence-corrected chi connectivity index (χ3v) is 2.81. The first kappa shape index (κ1) is 9.40. The molecule has 0 spiro atoms. The first-order valence-corrected chi connectivity index (χ1v) is 5.01. The van der Waals surface area contributed by atoms with Crippen LogP contribution in [0.3, 0.4) is 0 Å². The summed E-state index contributed by atoms with van der Waals surface area (Å²) in [5.74, 6) is 0. The first-order chi connectivity index (χ1) is 6.63. The summed E-state index contributed by atoms with van der Waals surface area (Å²) >= 11 is 3.37. The molecule has 14 heavy (non-hydrogen) atoms. The Morgan fingerprint density at radius 1 is 1.50 bits per heavy atom. The lowest BCUT2D eigenvalue weighted by Gasteiger charge is -1.95. The normalized spacial score (nSPS) is 10.8. The lowest BCUT2D eigenvalue weighted by atomic mass is 10.1. The quantitative estimate of drug-likeness (QED) is 0.731. The van der Waals surface area contributed by atoms with Crippen molar-refractivity contribution in [2.75, 3.05) is 0 Å². The van der Waals surface area contributed by atoms with Gasteiger partial charge < -0.3 is 0 Å². The van der Waals surface area contributed by atoms with E-state index in [1.807, 2.05) is 20.0 Å². The zero-order chi connectivity index (χ0) is 10.3. The Morgan fingerprint density at radius 2 is 2.21 bits per heavy atom. The standard InChI is InChI=1S/C10H9BrN2O/c1-6-9-4-8(11)3-7(5-14)10(9)12-13(6)2/h3-5H,1-2H3. The molecule has 4 heteroatoms. The van der Waals surface area contributed by atoms with E-state index in [9.17, 15) is 4.79 Å². The average Bonchev–Trinajstić information content (AvgIpc) is 2.43. The number of fused-ring (bicyclic) bond motifs is 1. The Labute approximate surface area is 89.8 Å². The number of hydrogen-bond acceptors (Lipinski definition) is 2. The molecule has 72 valence electrons. The van der Waals surface area contributed by atoms with Crippen molar-refractivity contribution in [1.82, 2.24) is 9.78 Å². The predicted octanol–water partition coefficient (Wildman–Crippen LogP) is 2.46. The van der Waals surface area contributed by atoms with Gasteiger partial charge in [-0.05, 0) is 19.1 Å². The van der Waals surface area contributed by atoms with Gasteiger partial charge in [0.05, 0.1) is 0 Å². The van der Waals surface area contributed by atoms with Gasteiger partial charge in [0, 0.05) is 28.2 Å². The largest absolute Gasteiger partial charge is 0.298 e. The lowest BCUT2D eigenvalue weighted by molar-refractivity contribution is 0.112. The van der Waals surface area contributed by atoms with Crippen LogP contribution < -0.4 is 0 Å². The summed E-state index contributed by atoms with van der Waals surface area (Å²) in [5, 5.41) is 5.31. The topological polar surface area (TPSA) is 34.9 Å². The summed E-state index contributed by atoms with van der Waals surface area (Å²) in [4.78, 5) is 10.8. The van der Waals surface area contributed by atoms with Crippen LogP contribution in [0.2, 0.25) is 0 Å². The van der Waals surface area contributed by atoms with E-state index in [-0.39, 0.29) is 0 Å². The van der Waals surface area contributed by atoms with E-state index in [1.54, 1.807) is 10.7 Å². The molecular weight excluding hydrogens is 244 g/mol. The second-order valence-corrected chi connectivity index (χ2v) is 4.13. The number of nitrogens with zero attached hydrogens (tertiary/aromatic N) is 2. The highest BCUT2D eigenvalue weighted by Crippen LogP contribution is 2.24. The molecule has 0 aliphatic heterocycles. The second-order valence-electron chi connectivity index (χ2n) is 3.22. The van der Waals surface area contributed by atoms with Gasteiger partial charge in [0.25, 0.3) is 0 Å². The van der Waals surface area contributed by atoms with Crippen molar-refractivity contribution in [1.29, 1.82) is 0 Å². The maximum absolute atomic E-state index is 10.8. The molecule has 0 saturated carbocycles. The molecule has 0 N–H and O–H groups in total. The van der Waals surface area contributed by atoms with Crippen LogP contribution in [0, 0.1) is 6.92 Å². The Hall–Kier alpha value is -1.16. The Bertz CT molecular complexity index is 516. The number of benzene rings is 1. The van der Waals surface area contributed by atoms with Gasteiger partial charge in [0.2, 0.25) is 0 Å². The van der Waals surface area contributed by atoms with E-state index in [0.717, 1.165) is 27.4 Å². The van der Waals surface area contributed by atoms with Crippen molar-refractivity contribution < 1.29 is 4.79 Å². The Balaban J connectivity index is 2.94. The highest BCUT2D eigenvalue weighted by molar-refractivity contribution is 9.10. The molecule has 2 rings (SSSR count). The number of carbonyl (C=O) groups is 1. The minimum atomic E-state index is 0.623. The van der Waals surface area contributed by atoms with Crippen LogP contribution in [-0.2, 0) is 7.05 Å². The molecular formula is C10H9BrN2O. The fourth-order valence-electron chi connectivity index (χ4n) is 1.50. The summed E-state index contributed by atoms with van der Waals surface area (Å²) in [5.41, 5.74) is 2.45. The van der Waals surface area contributed by atoms with Gasteiger partial charge in [-0.2, -0.15) is 5.10 Å². The third kappa shape index (κ3) is 1.26. The van der Waals surface area contributed by atoms with Crippen LogP contribution in [0.5, 0.6) is 0 Å². The average molecular weight is 253 g/mol. The fourth-order valence-corrected chi connectivity index (χ4v) is 1.97. The molecule has 1 heterocycles. The summed E-state index contributed by atoms with van der Waals surface area (Å²) in [6.07, 6.45) is 0.833. The lowest BCUT2D eigenvalue weighted by Crippen LogP contribution is -1.91. The van der Waals surface area contributed by atoms with Gasteiger partial charge in [-0.1, -0.05) is 15.9 Å². The van der Waals surface area contributed by atoms with Crippen molar-refractivity contribution in [3.8, 4) is 0 Å². The van der Waals surface area contributed by atoms with Gasteiger partial charge >= 0.3 is 0 Å². The maximum Gasteiger partial charge on any atom is 0.152 e. The highest BCUT2D eigenvalue weighted by atomic mass is 79.9. The summed E-state index contributed by atoms with van der Waals surface area (Å²) in [6.45, 7) is 1.98. The van der Waals surface area contributed by atoms with Gasteiger partial charge in [-0.15, -0.1) is 0 Å². The predicted molar refractivity (Wildman–Crippen MR) is 58.5 cm³/mol. The molecule has 1 aromatic carbocycles.